The van der Waals surface area contributed by atoms with Gasteiger partial charge >= 0.3 is 0 Å². The summed E-state index contributed by atoms with van der Waals surface area (Å²) in [5, 5.41) is 14.9. The summed E-state index contributed by atoms with van der Waals surface area (Å²) in [6.45, 7) is 0.727. The van der Waals surface area contributed by atoms with Crippen LogP contribution in [-0.4, -0.2) is 18.1 Å². The van der Waals surface area contributed by atoms with Gasteiger partial charge in [-0.2, -0.15) is 0 Å². The van der Waals surface area contributed by atoms with Crippen LogP contribution >= 0.6 is 0 Å². The minimum atomic E-state index is -0.0963. The number of carbonyl (C=O) groups excluding carboxylic acids is 1. The molecule has 1 amide bonds. The van der Waals surface area contributed by atoms with Crippen molar-refractivity contribution in [2.75, 3.05) is 12.4 Å². The number of nitrogens with one attached hydrogen (secondary N) is 2. The molecule has 0 fully saturated rings. The molecule has 0 atom stereocenters. The molecule has 0 aromatic heterocycles. The lowest BCUT2D eigenvalue weighted by atomic mass is 10.1. The first-order valence-corrected chi connectivity index (χ1v) is 6.47. The van der Waals surface area contributed by atoms with E-state index in [1.807, 2.05) is 42.5 Å². The first-order chi connectivity index (χ1) is 9.72. The van der Waals surface area contributed by atoms with Gasteiger partial charge in [0.25, 0.3) is 5.91 Å². The molecule has 0 unspecified atom stereocenters. The van der Waals surface area contributed by atoms with E-state index in [2.05, 4.69) is 10.6 Å². The molecule has 0 bridgehead atoms. The molecule has 2 aromatic rings. The molecule has 4 heteroatoms. The van der Waals surface area contributed by atoms with E-state index < -0.39 is 0 Å². The van der Waals surface area contributed by atoms with Crippen LogP contribution in [0.15, 0.2) is 48.5 Å². The van der Waals surface area contributed by atoms with Crippen molar-refractivity contribution in [1.29, 1.82) is 0 Å². The zero-order valence-corrected chi connectivity index (χ0v) is 11.4. The summed E-state index contributed by atoms with van der Waals surface area (Å²) in [5.41, 5.74) is 3.55. The highest BCUT2D eigenvalue weighted by molar-refractivity contribution is 5.94. The maximum atomic E-state index is 11.5. The molecule has 4 nitrogen and oxygen atoms in total. The molecule has 0 aliphatic carbocycles. The van der Waals surface area contributed by atoms with Crippen molar-refractivity contribution in [3.05, 3.63) is 65.2 Å². The van der Waals surface area contributed by atoms with Crippen molar-refractivity contribution in [2.45, 2.75) is 13.2 Å². The summed E-state index contributed by atoms with van der Waals surface area (Å²) in [4.78, 5) is 11.5. The first kappa shape index (κ1) is 14.1. The first-order valence-electron chi connectivity index (χ1n) is 6.47. The topological polar surface area (TPSA) is 61.4 Å². The molecule has 0 heterocycles. The molecule has 0 radical (unpaired) electrons. The van der Waals surface area contributed by atoms with Crippen LogP contribution in [0, 0.1) is 0 Å². The van der Waals surface area contributed by atoms with Gasteiger partial charge in [-0.1, -0.05) is 30.3 Å². The fraction of sp³-hybridized carbons (Fsp3) is 0.188. The van der Waals surface area contributed by atoms with E-state index in [0.29, 0.717) is 12.1 Å². The summed E-state index contributed by atoms with van der Waals surface area (Å²) in [5.74, 6) is -0.0963. The average molecular weight is 270 g/mol. The van der Waals surface area contributed by atoms with E-state index in [0.717, 1.165) is 16.8 Å². The zero-order valence-electron chi connectivity index (χ0n) is 11.4. The summed E-state index contributed by atoms with van der Waals surface area (Å²) < 4.78 is 0. The predicted molar refractivity (Wildman–Crippen MR) is 79.5 cm³/mol. The molecular weight excluding hydrogens is 252 g/mol. The Morgan fingerprint density at radius 2 is 1.80 bits per heavy atom. The Morgan fingerprint density at radius 1 is 1.10 bits per heavy atom. The fourth-order valence-electron chi connectivity index (χ4n) is 1.88. The number of carbonyl (C=O) groups is 1. The number of hydrogen-bond donors (Lipinski definition) is 3. The number of hydrogen-bond acceptors (Lipinski definition) is 3. The number of rotatable bonds is 5. The highest BCUT2D eigenvalue weighted by Crippen LogP contribution is 2.13. The second-order valence-electron chi connectivity index (χ2n) is 4.49. The van der Waals surface area contributed by atoms with E-state index in [1.54, 1.807) is 13.1 Å². The molecule has 0 saturated carbocycles. The summed E-state index contributed by atoms with van der Waals surface area (Å²) in [6.07, 6.45) is 0. The number of benzene rings is 2. The van der Waals surface area contributed by atoms with E-state index in [1.165, 1.54) is 0 Å². The van der Waals surface area contributed by atoms with E-state index >= 15 is 0 Å². The Labute approximate surface area is 118 Å². The number of amides is 1. The minimum absolute atomic E-state index is 0.0574. The van der Waals surface area contributed by atoms with Gasteiger partial charge in [0.15, 0.2) is 0 Å². The van der Waals surface area contributed by atoms with E-state index in [-0.39, 0.29) is 12.5 Å². The van der Waals surface area contributed by atoms with Gasteiger partial charge in [0.05, 0.1) is 6.61 Å². The molecule has 0 aliphatic heterocycles. The van der Waals surface area contributed by atoms with Crippen LogP contribution in [0.1, 0.15) is 21.5 Å². The lowest BCUT2D eigenvalue weighted by molar-refractivity contribution is 0.0963. The number of aliphatic hydroxyl groups excluding tert-OH is 1. The highest BCUT2D eigenvalue weighted by atomic mass is 16.3. The van der Waals surface area contributed by atoms with E-state index in [4.69, 9.17) is 5.11 Å². The third-order valence-corrected chi connectivity index (χ3v) is 3.05. The Bertz CT molecular complexity index is 579. The molecule has 20 heavy (non-hydrogen) atoms. The van der Waals surface area contributed by atoms with Crippen molar-refractivity contribution >= 4 is 11.6 Å². The monoisotopic (exact) mass is 270 g/mol. The summed E-state index contributed by atoms with van der Waals surface area (Å²) >= 11 is 0. The van der Waals surface area contributed by atoms with E-state index in [9.17, 15) is 4.79 Å². The lowest BCUT2D eigenvalue weighted by Crippen LogP contribution is -2.17. The van der Waals surface area contributed by atoms with Crippen LogP contribution in [-0.2, 0) is 13.2 Å². The van der Waals surface area contributed by atoms with Crippen LogP contribution in [0.3, 0.4) is 0 Å². The maximum absolute atomic E-state index is 11.5. The van der Waals surface area contributed by atoms with Gasteiger partial charge < -0.3 is 15.7 Å². The molecular formula is C16H18N2O2. The van der Waals surface area contributed by atoms with Crippen LogP contribution in [0.5, 0.6) is 0 Å². The Balaban J connectivity index is 2.01. The van der Waals surface area contributed by atoms with Crippen molar-refractivity contribution in [2.24, 2.45) is 0 Å². The van der Waals surface area contributed by atoms with Crippen molar-refractivity contribution in [1.82, 2.24) is 5.32 Å². The van der Waals surface area contributed by atoms with Crippen LogP contribution < -0.4 is 10.6 Å². The highest BCUT2D eigenvalue weighted by Gasteiger charge is 2.03. The van der Waals surface area contributed by atoms with Crippen molar-refractivity contribution < 1.29 is 9.90 Å². The third kappa shape index (κ3) is 3.59. The molecule has 0 spiro atoms. The van der Waals surface area contributed by atoms with Gasteiger partial charge in [0.2, 0.25) is 0 Å². The van der Waals surface area contributed by atoms with Gasteiger partial charge in [-0.15, -0.1) is 0 Å². The molecule has 104 valence electrons. The van der Waals surface area contributed by atoms with Crippen molar-refractivity contribution in [3.63, 3.8) is 0 Å². The Morgan fingerprint density at radius 3 is 2.45 bits per heavy atom. The largest absolute Gasteiger partial charge is 0.392 e. The molecule has 3 N–H and O–H groups in total. The lowest BCUT2D eigenvalue weighted by Gasteiger charge is -2.08. The number of anilines is 1. The van der Waals surface area contributed by atoms with Crippen LogP contribution in [0.2, 0.25) is 0 Å². The van der Waals surface area contributed by atoms with Gasteiger partial charge in [-0.05, 0) is 29.3 Å². The van der Waals surface area contributed by atoms with Gasteiger partial charge in [-0.25, -0.2) is 0 Å². The standard InChI is InChI=1S/C16H18N2O2/c1-17-16(20)14-3-2-4-15(9-14)18-10-12-5-7-13(11-19)8-6-12/h2-9,18-19H,10-11H2,1H3,(H,17,20). The van der Waals surface area contributed by atoms with Crippen molar-refractivity contribution in [3.8, 4) is 0 Å². The van der Waals surface area contributed by atoms with Gasteiger partial charge in [0.1, 0.15) is 0 Å². The van der Waals surface area contributed by atoms with Crippen LogP contribution in [0.25, 0.3) is 0 Å². The average Bonchev–Trinajstić information content (AvgIpc) is 2.53. The Hall–Kier alpha value is -2.33. The Kier molecular flexibility index (Phi) is 4.74. The van der Waals surface area contributed by atoms with Gasteiger partial charge in [0, 0.05) is 24.8 Å². The molecule has 2 aromatic carbocycles. The SMILES string of the molecule is CNC(=O)c1cccc(NCc2ccc(CO)cc2)c1. The summed E-state index contributed by atoms with van der Waals surface area (Å²) in [7, 11) is 1.62. The maximum Gasteiger partial charge on any atom is 0.251 e. The molecule has 0 aliphatic rings. The molecule has 0 saturated heterocycles. The third-order valence-electron chi connectivity index (χ3n) is 3.05. The van der Waals surface area contributed by atoms with Gasteiger partial charge in [-0.3, -0.25) is 4.79 Å². The quantitative estimate of drug-likeness (QED) is 0.780. The second kappa shape index (κ2) is 6.73. The van der Waals surface area contributed by atoms with Crippen LogP contribution in [0.4, 0.5) is 5.69 Å². The molecule has 2 rings (SSSR count). The normalized spacial score (nSPS) is 10.1. The smallest absolute Gasteiger partial charge is 0.251 e. The summed E-state index contributed by atoms with van der Waals surface area (Å²) in [6, 6.07) is 15.1. The predicted octanol–water partition coefficient (Wildman–Crippen LogP) is 2.15. The minimum Gasteiger partial charge on any atom is -0.392 e. The fourth-order valence-corrected chi connectivity index (χ4v) is 1.88. The second-order valence-corrected chi connectivity index (χ2v) is 4.49. The zero-order chi connectivity index (χ0) is 14.4. The number of aliphatic hydroxyl groups is 1.